The number of carbonyl (C=O) groups excluding carboxylic acids is 1. The summed E-state index contributed by atoms with van der Waals surface area (Å²) in [6.45, 7) is 3.95. The highest BCUT2D eigenvalue weighted by molar-refractivity contribution is 5.85. The molecule has 170 valence electrons. The SMILES string of the molecule is CC(C)C(NC(=O)Cc1ccc2ccccc2c1)c1nc(-c2nnc(-c3ccccc3)o2)no1. The lowest BCUT2D eigenvalue weighted by molar-refractivity contribution is -0.121. The Morgan fingerprint density at radius 1 is 0.912 bits per heavy atom. The fourth-order valence-electron chi connectivity index (χ4n) is 3.73. The Morgan fingerprint density at radius 3 is 2.44 bits per heavy atom. The van der Waals surface area contributed by atoms with Crippen molar-refractivity contribution in [2.75, 3.05) is 0 Å². The number of hydrogen-bond donors (Lipinski definition) is 1. The van der Waals surface area contributed by atoms with Crippen molar-refractivity contribution in [2.24, 2.45) is 5.92 Å². The van der Waals surface area contributed by atoms with E-state index in [1.807, 2.05) is 86.6 Å². The topological polar surface area (TPSA) is 107 Å². The van der Waals surface area contributed by atoms with Crippen molar-refractivity contribution in [3.8, 4) is 23.2 Å². The molecule has 0 saturated heterocycles. The predicted octanol–water partition coefficient (Wildman–Crippen LogP) is 5.00. The van der Waals surface area contributed by atoms with Gasteiger partial charge in [0.15, 0.2) is 0 Å². The van der Waals surface area contributed by atoms with Crippen molar-refractivity contribution in [1.29, 1.82) is 0 Å². The molecule has 0 fully saturated rings. The van der Waals surface area contributed by atoms with Gasteiger partial charge >= 0.3 is 0 Å². The smallest absolute Gasteiger partial charge is 0.289 e. The Hall–Kier alpha value is -4.33. The highest BCUT2D eigenvalue weighted by atomic mass is 16.5. The van der Waals surface area contributed by atoms with E-state index in [2.05, 4.69) is 25.7 Å². The van der Waals surface area contributed by atoms with Crippen molar-refractivity contribution < 1.29 is 13.7 Å². The van der Waals surface area contributed by atoms with Gasteiger partial charge in [0.25, 0.3) is 11.7 Å². The van der Waals surface area contributed by atoms with Crippen LogP contribution in [0.15, 0.2) is 81.7 Å². The third kappa shape index (κ3) is 4.56. The van der Waals surface area contributed by atoms with Crippen LogP contribution in [0.25, 0.3) is 33.9 Å². The Kier molecular flexibility index (Phi) is 5.86. The first-order valence-corrected chi connectivity index (χ1v) is 11.1. The third-order valence-corrected chi connectivity index (χ3v) is 5.51. The molecule has 0 radical (unpaired) electrons. The summed E-state index contributed by atoms with van der Waals surface area (Å²) in [5.41, 5.74) is 1.73. The van der Waals surface area contributed by atoms with Crippen molar-refractivity contribution >= 4 is 16.7 Å². The van der Waals surface area contributed by atoms with Gasteiger partial charge in [-0.2, -0.15) is 4.98 Å². The van der Waals surface area contributed by atoms with Crippen LogP contribution in [0.3, 0.4) is 0 Å². The molecular weight excluding hydrogens is 430 g/mol. The van der Waals surface area contributed by atoms with Gasteiger partial charge in [-0.3, -0.25) is 4.79 Å². The average molecular weight is 454 g/mol. The first-order valence-electron chi connectivity index (χ1n) is 11.1. The normalized spacial score (nSPS) is 12.2. The van der Waals surface area contributed by atoms with Gasteiger partial charge in [-0.25, -0.2) is 0 Å². The Bertz CT molecular complexity index is 1420. The molecule has 1 N–H and O–H groups in total. The Morgan fingerprint density at radius 2 is 1.65 bits per heavy atom. The molecule has 0 spiro atoms. The van der Waals surface area contributed by atoms with Crippen LogP contribution >= 0.6 is 0 Å². The summed E-state index contributed by atoms with van der Waals surface area (Å²) in [7, 11) is 0. The van der Waals surface area contributed by atoms with E-state index in [-0.39, 0.29) is 35.9 Å². The first-order chi connectivity index (χ1) is 16.6. The molecule has 34 heavy (non-hydrogen) atoms. The molecule has 1 unspecified atom stereocenters. The number of amides is 1. The van der Waals surface area contributed by atoms with E-state index >= 15 is 0 Å². The fraction of sp³-hybridized carbons (Fsp3) is 0.192. The average Bonchev–Trinajstić information content (AvgIpc) is 3.53. The zero-order chi connectivity index (χ0) is 23.5. The van der Waals surface area contributed by atoms with Crippen molar-refractivity contribution in [3.63, 3.8) is 0 Å². The second-order valence-electron chi connectivity index (χ2n) is 8.38. The molecule has 1 atom stereocenters. The van der Waals surface area contributed by atoms with Crippen LogP contribution in [-0.2, 0) is 11.2 Å². The summed E-state index contributed by atoms with van der Waals surface area (Å²) in [5.74, 6) is 0.884. The van der Waals surface area contributed by atoms with Gasteiger partial charge < -0.3 is 14.3 Å². The predicted molar refractivity (Wildman–Crippen MR) is 126 cm³/mol. The monoisotopic (exact) mass is 453 g/mol. The molecule has 1 amide bonds. The lowest BCUT2D eigenvalue weighted by Gasteiger charge is -2.18. The maximum atomic E-state index is 12.8. The van der Waals surface area contributed by atoms with Crippen molar-refractivity contribution in [2.45, 2.75) is 26.3 Å². The van der Waals surface area contributed by atoms with Gasteiger partial charge in [-0.05, 0) is 34.4 Å². The molecular formula is C26H23N5O3. The van der Waals surface area contributed by atoms with Crippen molar-refractivity contribution in [1.82, 2.24) is 25.7 Å². The number of benzene rings is 3. The van der Waals surface area contributed by atoms with E-state index in [0.29, 0.717) is 5.89 Å². The zero-order valence-corrected chi connectivity index (χ0v) is 18.8. The molecule has 0 saturated carbocycles. The first kappa shape index (κ1) is 21.5. The molecule has 8 heteroatoms. The van der Waals surface area contributed by atoms with Gasteiger partial charge in [0.1, 0.15) is 6.04 Å². The molecule has 2 aromatic heterocycles. The molecule has 5 rings (SSSR count). The fourth-order valence-corrected chi connectivity index (χ4v) is 3.73. The number of aromatic nitrogens is 4. The van der Waals surface area contributed by atoms with Crippen LogP contribution in [0.4, 0.5) is 0 Å². The zero-order valence-electron chi connectivity index (χ0n) is 18.8. The minimum Gasteiger partial charge on any atom is -0.413 e. The van der Waals surface area contributed by atoms with Gasteiger partial charge in [0, 0.05) is 5.56 Å². The second-order valence-corrected chi connectivity index (χ2v) is 8.38. The number of rotatable bonds is 7. The van der Waals surface area contributed by atoms with E-state index in [1.165, 1.54) is 0 Å². The molecule has 0 aliphatic carbocycles. The molecule has 8 nitrogen and oxygen atoms in total. The molecule has 3 aromatic carbocycles. The minimum atomic E-state index is -0.453. The maximum Gasteiger partial charge on any atom is 0.289 e. The van der Waals surface area contributed by atoms with Crippen LogP contribution in [0.5, 0.6) is 0 Å². The number of fused-ring (bicyclic) bond motifs is 1. The van der Waals surface area contributed by atoms with E-state index in [0.717, 1.165) is 21.9 Å². The number of carbonyl (C=O) groups is 1. The van der Waals surface area contributed by atoms with E-state index in [4.69, 9.17) is 8.94 Å². The summed E-state index contributed by atoms with van der Waals surface area (Å²) in [5, 5.41) is 17.3. The summed E-state index contributed by atoms with van der Waals surface area (Å²) in [4.78, 5) is 17.3. The van der Waals surface area contributed by atoms with Crippen LogP contribution < -0.4 is 5.32 Å². The molecule has 5 aromatic rings. The van der Waals surface area contributed by atoms with Crippen LogP contribution in [0, 0.1) is 5.92 Å². The standard InChI is InChI=1S/C26H23N5O3/c1-16(2)22(27-21(32)15-17-12-13-18-8-6-7-11-20(18)14-17)25-28-23(31-34-25)26-30-29-24(33-26)19-9-4-3-5-10-19/h3-14,16,22H,15H2,1-2H3,(H,27,32). The summed E-state index contributed by atoms with van der Waals surface area (Å²) >= 11 is 0. The van der Waals surface area contributed by atoms with Gasteiger partial charge in [-0.15, -0.1) is 10.2 Å². The molecule has 0 bridgehead atoms. The highest BCUT2D eigenvalue weighted by Crippen LogP contribution is 2.25. The molecule has 0 aliphatic rings. The maximum absolute atomic E-state index is 12.8. The number of nitrogens with one attached hydrogen (secondary N) is 1. The van der Waals surface area contributed by atoms with Gasteiger partial charge in [0.2, 0.25) is 17.7 Å². The lowest BCUT2D eigenvalue weighted by Crippen LogP contribution is -2.33. The lowest BCUT2D eigenvalue weighted by atomic mass is 10.0. The minimum absolute atomic E-state index is 0.0245. The van der Waals surface area contributed by atoms with Gasteiger partial charge in [-0.1, -0.05) is 79.7 Å². The van der Waals surface area contributed by atoms with E-state index in [9.17, 15) is 4.79 Å². The summed E-state index contributed by atoms with van der Waals surface area (Å²) < 4.78 is 11.2. The van der Waals surface area contributed by atoms with E-state index < -0.39 is 6.04 Å². The van der Waals surface area contributed by atoms with Crippen LogP contribution in [-0.4, -0.2) is 26.2 Å². The molecule has 0 aliphatic heterocycles. The Balaban J connectivity index is 1.30. The molecule has 2 heterocycles. The Labute approximate surface area is 196 Å². The van der Waals surface area contributed by atoms with Crippen molar-refractivity contribution in [3.05, 3.63) is 84.3 Å². The number of nitrogens with zero attached hydrogens (tertiary/aromatic N) is 4. The highest BCUT2D eigenvalue weighted by Gasteiger charge is 2.26. The quantitative estimate of drug-likeness (QED) is 0.370. The van der Waals surface area contributed by atoms with Gasteiger partial charge in [0.05, 0.1) is 6.42 Å². The second kappa shape index (κ2) is 9.27. The number of hydrogen-bond acceptors (Lipinski definition) is 7. The van der Waals surface area contributed by atoms with Crippen LogP contribution in [0.1, 0.15) is 31.3 Å². The summed E-state index contributed by atoms with van der Waals surface area (Å²) in [6, 6.07) is 23.1. The van der Waals surface area contributed by atoms with E-state index in [1.54, 1.807) is 0 Å². The summed E-state index contributed by atoms with van der Waals surface area (Å²) in [6.07, 6.45) is 0.249. The third-order valence-electron chi connectivity index (χ3n) is 5.51. The van der Waals surface area contributed by atoms with Crippen LogP contribution in [0.2, 0.25) is 0 Å². The largest absolute Gasteiger partial charge is 0.413 e.